The zero-order chi connectivity index (χ0) is 14.8. The summed E-state index contributed by atoms with van der Waals surface area (Å²) in [5.41, 5.74) is 5.14. The summed E-state index contributed by atoms with van der Waals surface area (Å²) in [5.74, 6) is 0. The molecule has 0 unspecified atom stereocenters. The van der Waals surface area contributed by atoms with E-state index in [2.05, 4.69) is 95.7 Å². The van der Waals surface area contributed by atoms with Gasteiger partial charge in [0, 0.05) is 23.6 Å². The van der Waals surface area contributed by atoms with Crippen LogP contribution in [-0.2, 0) is 6.54 Å². The minimum Gasteiger partial charge on any atom is -0.343 e. The van der Waals surface area contributed by atoms with Crippen LogP contribution in [0.3, 0.4) is 0 Å². The molecule has 0 fully saturated rings. The van der Waals surface area contributed by atoms with Gasteiger partial charge in [-0.3, -0.25) is 0 Å². The van der Waals surface area contributed by atoms with Gasteiger partial charge in [-0.2, -0.15) is 0 Å². The Balaban J connectivity index is 1.72. The molecule has 1 heteroatoms. The van der Waals surface area contributed by atoms with Crippen molar-refractivity contribution in [3.8, 4) is 11.1 Å². The molecular weight excluding hydrogens is 266 g/mol. The quantitative estimate of drug-likeness (QED) is 0.477. The van der Waals surface area contributed by atoms with Gasteiger partial charge in [0.2, 0.25) is 0 Å². The SMILES string of the molecule is c1ccc(Cn2ccc3cc(-c4ccccc4)ccc32)cc1. The van der Waals surface area contributed by atoms with Gasteiger partial charge >= 0.3 is 0 Å². The Kier molecular flexibility index (Phi) is 3.24. The largest absolute Gasteiger partial charge is 0.343 e. The smallest absolute Gasteiger partial charge is 0.0483 e. The minimum absolute atomic E-state index is 0.912. The van der Waals surface area contributed by atoms with Crippen LogP contribution in [0, 0.1) is 0 Å². The Morgan fingerprint density at radius 2 is 1.36 bits per heavy atom. The molecule has 0 aliphatic rings. The zero-order valence-electron chi connectivity index (χ0n) is 12.3. The predicted molar refractivity (Wildman–Crippen MR) is 92.9 cm³/mol. The maximum atomic E-state index is 2.30. The highest BCUT2D eigenvalue weighted by atomic mass is 14.9. The molecule has 0 aliphatic carbocycles. The molecule has 106 valence electrons. The van der Waals surface area contributed by atoms with E-state index in [1.165, 1.54) is 27.6 Å². The van der Waals surface area contributed by atoms with Gasteiger partial charge < -0.3 is 4.57 Å². The van der Waals surface area contributed by atoms with E-state index in [4.69, 9.17) is 0 Å². The van der Waals surface area contributed by atoms with Crippen LogP contribution >= 0.6 is 0 Å². The van der Waals surface area contributed by atoms with Crippen LogP contribution in [0.1, 0.15) is 5.56 Å². The average Bonchev–Trinajstić information content (AvgIpc) is 2.99. The number of hydrogen-bond donors (Lipinski definition) is 0. The molecule has 0 N–H and O–H groups in total. The first-order valence-corrected chi connectivity index (χ1v) is 7.58. The van der Waals surface area contributed by atoms with Crippen molar-refractivity contribution >= 4 is 10.9 Å². The van der Waals surface area contributed by atoms with E-state index in [1.54, 1.807) is 0 Å². The third-order valence-corrected chi connectivity index (χ3v) is 4.07. The highest BCUT2D eigenvalue weighted by Gasteiger charge is 2.04. The molecule has 0 bridgehead atoms. The highest BCUT2D eigenvalue weighted by Crippen LogP contribution is 2.25. The molecule has 0 saturated carbocycles. The fraction of sp³-hybridized carbons (Fsp3) is 0.0476. The van der Waals surface area contributed by atoms with E-state index in [0.717, 1.165) is 6.54 Å². The van der Waals surface area contributed by atoms with Gasteiger partial charge in [-0.1, -0.05) is 66.7 Å². The summed E-state index contributed by atoms with van der Waals surface area (Å²) < 4.78 is 2.30. The summed E-state index contributed by atoms with van der Waals surface area (Å²) in [6, 6.07) is 30.0. The van der Waals surface area contributed by atoms with E-state index >= 15 is 0 Å². The maximum Gasteiger partial charge on any atom is 0.0483 e. The molecule has 1 heterocycles. The predicted octanol–water partition coefficient (Wildman–Crippen LogP) is 5.36. The summed E-state index contributed by atoms with van der Waals surface area (Å²) in [4.78, 5) is 0. The molecule has 0 spiro atoms. The monoisotopic (exact) mass is 283 g/mol. The van der Waals surface area contributed by atoms with E-state index < -0.39 is 0 Å². The number of fused-ring (bicyclic) bond motifs is 1. The average molecular weight is 283 g/mol. The summed E-state index contributed by atoms with van der Waals surface area (Å²) in [6.45, 7) is 0.912. The van der Waals surface area contributed by atoms with Gasteiger partial charge in [0.15, 0.2) is 0 Å². The number of hydrogen-bond acceptors (Lipinski definition) is 0. The summed E-state index contributed by atoms with van der Waals surface area (Å²) in [6.07, 6.45) is 2.17. The van der Waals surface area contributed by atoms with Crippen molar-refractivity contribution in [2.75, 3.05) is 0 Å². The van der Waals surface area contributed by atoms with Crippen molar-refractivity contribution in [1.29, 1.82) is 0 Å². The van der Waals surface area contributed by atoms with Crippen LogP contribution in [-0.4, -0.2) is 4.57 Å². The van der Waals surface area contributed by atoms with Crippen LogP contribution in [0.4, 0.5) is 0 Å². The van der Waals surface area contributed by atoms with Crippen molar-refractivity contribution in [3.05, 3.63) is 96.7 Å². The molecule has 22 heavy (non-hydrogen) atoms. The molecule has 0 amide bonds. The van der Waals surface area contributed by atoms with Crippen molar-refractivity contribution in [2.24, 2.45) is 0 Å². The molecule has 0 atom stereocenters. The van der Waals surface area contributed by atoms with Crippen LogP contribution in [0.15, 0.2) is 91.1 Å². The molecule has 4 aromatic rings. The van der Waals surface area contributed by atoms with Gasteiger partial charge in [-0.25, -0.2) is 0 Å². The second-order valence-corrected chi connectivity index (χ2v) is 5.57. The Morgan fingerprint density at radius 3 is 2.14 bits per heavy atom. The van der Waals surface area contributed by atoms with E-state index in [-0.39, 0.29) is 0 Å². The Bertz CT molecular complexity index is 889. The fourth-order valence-electron chi connectivity index (χ4n) is 2.93. The second kappa shape index (κ2) is 5.53. The van der Waals surface area contributed by atoms with E-state index in [1.807, 2.05) is 0 Å². The third kappa shape index (κ3) is 2.42. The van der Waals surface area contributed by atoms with E-state index in [9.17, 15) is 0 Å². The molecule has 3 aromatic carbocycles. The number of nitrogens with zero attached hydrogens (tertiary/aromatic N) is 1. The zero-order valence-corrected chi connectivity index (χ0v) is 12.3. The van der Waals surface area contributed by atoms with Crippen LogP contribution in [0.2, 0.25) is 0 Å². The lowest BCUT2D eigenvalue weighted by molar-refractivity contribution is 0.837. The number of aromatic nitrogens is 1. The molecule has 0 aliphatic heterocycles. The van der Waals surface area contributed by atoms with Crippen molar-refractivity contribution in [3.63, 3.8) is 0 Å². The molecular formula is C21H17N. The second-order valence-electron chi connectivity index (χ2n) is 5.57. The molecule has 4 rings (SSSR count). The van der Waals surface area contributed by atoms with E-state index in [0.29, 0.717) is 0 Å². The van der Waals surface area contributed by atoms with Gasteiger partial charge in [0.25, 0.3) is 0 Å². The van der Waals surface area contributed by atoms with Gasteiger partial charge in [-0.15, -0.1) is 0 Å². The molecule has 0 saturated heterocycles. The normalized spacial score (nSPS) is 10.9. The Morgan fingerprint density at radius 1 is 0.636 bits per heavy atom. The van der Waals surface area contributed by atoms with Crippen molar-refractivity contribution < 1.29 is 0 Å². The summed E-state index contributed by atoms with van der Waals surface area (Å²) >= 11 is 0. The number of rotatable bonds is 3. The van der Waals surface area contributed by atoms with Crippen molar-refractivity contribution in [1.82, 2.24) is 4.57 Å². The Hall–Kier alpha value is -2.80. The topological polar surface area (TPSA) is 4.93 Å². The number of benzene rings is 3. The van der Waals surface area contributed by atoms with Crippen LogP contribution in [0.25, 0.3) is 22.0 Å². The third-order valence-electron chi connectivity index (χ3n) is 4.07. The summed E-state index contributed by atoms with van der Waals surface area (Å²) in [7, 11) is 0. The van der Waals surface area contributed by atoms with Gasteiger partial charge in [0.05, 0.1) is 0 Å². The first-order valence-electron chi connectivity index (χ1n) is 7.58. The first kappa shape index (κ1) is 12.9. The first-order chi connectivity index (χ1) is 10.9. The molecule has 0 radical (unpaired) electrons. The standard InChI is InChI=1S/C21H17N/c1-3-7-17(8-4-1)16-22-14-13-20-15-19(11-12-21(20)22)18-9-5-2-6-10-18/h1-15H,16H2. The van der Waals surface area contributed by atoms with Gasteiger partial charge in [-0.05, 0) is 34.9 Å². The minimum atomic E-state index is 0.912. The van der Waals surface area contributed by atoms with Crippen molar-refractivity contribution in [2.45, 2.75) is 6.54 Å². The Labute approximate surface area is 130 Å². The van der Waals surface area contributed by atoms with Crippen LogP contribution in [0.5, 0.6) is 0 Å². The molecule has 1 aromatic heterocycles. The lowest BCUT2D eigenvalue weighted by atomic mass is 10.0. The highest BCUT2D eigenvalue weighted by molar-refractivity contribution is 5.85. The van der Waals surface area contributed by atoms with Gasteiger partial charge in [0.1, 0.15) is 0 Å². The lowest BCUT2D eigenvalue weighted by Crippen LogP contribution is -1.97. The molecule has 1 nitrogen and oxygen atoms in total. The maximum absolute atomic E-state index is 2.30. The summed E-state index contributed by atoms with van der Waals surface area (Å²) in [5, 5.41) is 1.29. The van der Waals surface area contributed by atoms with Crippen LogP contribution < -0.4 is 0 Å². The fourth-order valence-corrected chi connectivity index (χ4v) is 2.93. The lowest BCUT2D eigenvalue weighted by Gasteiger charge is -2.07.